The first-order chi connectivity index (χ1) is 11.0. The Morgan fingerprint density at radius 3 is 2.09 bits per heavy atom. The second-order valence-electron chi connectivity index (χ2n) is 4.59. The predicted octanol–water partition coefficient (Wildman–Crippen LogP) is 2.78. The Kier molecular flexibility index (Phi) is 5.03. The van der Waals surface area contributed by atoms with Gasteiger partial charge in [-0.25, -0.2) is 4.79 Å². The predicted molar refractivity (Wildman–Crippen MR) is 80.7 cm³/mol. The maximum absolute atomic E-state index is 11.6. The van der Waals surface area contributed by atoms with Crippen LogP contribution in [0.2, 0.25) is 0 Å². The topological polar surface area (TPSA) is 95.7 Å². The van der Waals surface area contributed by atoms with E-state index in [4.69, 9.17) is 9.47 Å². The summed E-state index contributed by atoms with van der Waals surface area (Å²) in [6.45, 7) is 1.13. The summed E-state index contributed by atoms with van der Waals surface area (Å²) in [6, 6.07) is 11.5. The molecule has 0 aliphatic carbocycles. The average molecular weight is 315 g/mol. The van der Waals surface area contributed by atoms with Gasteiger partial charge >= 0.3 is 5.97 Å². The molecule has 118 valence electrons. The Hall–Kier alpha value is -3.22. The van der Waals surface area contributed by atoms with E-state index in [9.17, 15) is 19.7 Å². The minimum Gasteiger partial charge on any atom is -0.482 e. The summed E-state index contributed by atoms with van der Waals surface area (Å²) >= 11 is 0. The number of ether oxygens (including phenoxy) is 2. The maximum atomic E-state index is 11.6. The Morgan fingerprint density at radius 2 is 1.57 bits per heavy atom. The zero-order chi connectivity index (χ0) is 16.8. The lowest BCUT2D eigenvalue weighted by atomic mass is 10.1. The quantitative estimate of drug-likeness (QED) is 0.267. The van der Waals surface area contributed by atoms with Gasteiger partial charge in [0.25, 0.3) is 5.69 Å². The van der Waals surface area contributed by atoms with Crippen LogP contribution in [0.15, 0.2) is 48.5 Å². The van der Waals surface area contributed by atoms with Gasteiger partial charge in [-0.1, -0.05) is 0 Å². The number of ketones is 1. The fraction of sp³-hybridized carbons (Fsp3) is 0.125. The SMILES string of the molecule is CC(=O)c1ccc(OCC(=O)Oc2ccc([N+](=O)[O-])cc2)cc1. The molecule has 0 aliphatic rings. The van der Waals surface area contributed by atoms with Crippen molar-refractivity contribution in [1.29, 1.82) is 0 Å². The van der Waals surface area contributed by atoms with Gasteiger partial charge in [-0.3, -0.25) is 14.9 Å². The molecule has 2 aromatic rings. The van der Waals surface area contributed by atoms with Crippen molar-refractivity contribution in [1.82, 2.24) is 0 Å². The molecule has 7 heteroatoms. The van der Waals surface area contributed by atoms with Crippen molar-refractivity contribution >= 4 is 17.4 Å². The first-order valence-corrected chi connectivity index (χ1v) is 6.64. The normalized spacial score (nSPS) is 9.96. The van der Waals surface area contributed by atoms with Crippen LogP contribution < -0.4 is 9.47 Å². The zero-order valence-electron chi connectivity index (χ0n) is 12.2. The highest BCUT2D eigenvalue weighted by atomic mass is 16.6. The van der Waals surface area contributed by atoms with E-state index in [2.05, 4.69) is 0 Å². The van der Waals surface area contributed by atoms with E-state index >= 15 is 0 Å². The molecule has 2 rings (SSSR count). The molecule has 0 saturated heterocycles. The fourth-order valence-electron chi connectivity index (χ4n) is 1.72. The molecule has 23 heavy (non-hydrogen) atoms. The standard InChI is InChI=1S/C16H13NO6/c1-11(18)12-2-6-14(7-3-12)22-10-16(19)23-15-8-4-13(5-9-15)17(20)21/h2-9H,10H2,1H3. The molecule has 0 aliphatic heterocycles. The number of esters is 1. The number of hydrogen-bond acceptors (Lipinski definition) is 6. The van der Waals surface area contributed by atoms with Crippen molar-refractivity contribution in [3.8, 4) is 11.5 Å². The Bertz CT molecular complexity index is 721. The largest absolute Gasteiger partial charge is 0.482 e. The molecule has 0 fully saturated rings. The molecule has 0 heterocycles. The Balaban J connectivity index is 1.87. The van der Waals surface area contributed by atoms with Gasteiger partial charge in [-0.15, -0.1) is 0 Å². The van der Waals surface area contributed by atoms with Crippen molar-refractivity contribution in [2.24, 2.45) is 0 Å². The van der Waals surface area contributed by atoms with Gasteiger partial charge in [0, 0.05) is 17.7 Å². The van der Waals surface area contributed by atoms with Gasteiger partial charge in [0.15, 0.2) is 12.4 Å². The molecule has 0 N–H and O–H groups in total. The number of non-ortho nitro benzene ring substituents is 1. The van der Waals surface area contributed by atoms with Crippen LogP contribution in [0.3, 0.4) is 0 Å². The number of rotatable bonds is 6. The van der Waals surface area contributed by atoms with Crippen molar-refractivity contribution in [3.05, 3.63) is 64.2 Å². The lowest BCUT2D eigenvalue weighted by Crippen LogP contribution is -2.17. The highest BCUT2D eigenvalue weighted by molar-refractivity contribution is 5.94. The second-order valence-corrected chi connectivity index (χ2v) is 4.59. The molecule has 0 radical (unpaired) electrons. The number of carbonyl (C=O) groups excluding carboxylic acids is 2. The Labute approximate surface area is 131 Å². The van der Waals surface area contributed by atoms with E-state index in [0.29, 0.717) is 11.3 Å². The smallest absolute Gasteiger partial charge is 0.349 e. The summed E-state index contributed by atoms with van der Waals surface area (Å²) < 4.78 is 10.2. The van der Waals surface area contributed by atoms with Crippen LogP contribution in [0.1, 0.15) is 17.3 Å². The fourth-order valence-corrected chi connectivity index (χ4v) is 1.72. The van der Waals surface area contributed by atoms with Crippen LogP contribution in [0, 0.1) is 10.1 Å². The van der Waals surface area contributed by atoms with Crippen LogP contribution in [-0.2, 0) is 4.79 Å². The van der Waals surface area contributed by atoms with Gasteiger partial charge in [0.05, 0.1) is 4.92 Å². The lowest BCUT2D eigenvalue weighted by molar-refractivity contribution is -0.384. The molecular formula is C16H13NO6. The maximum Gasteiger partial charge on any atom is 0.349 e. The van der Waals surface area contributed by atoms with E-state index in [0.717, 1.165) is 0 Å². The van der Waals surface area contributed by atoms with E-state index < -0.39 is 10.9 Å². The van der Waals surface area contributed by atoms with E-state index in [1.54, 1.807) is 24.3 Å². The van der Waals surface area contributed by atoms with Crippen LogP contribution in [0.4, 0.5) is 5.69 Å². The molecule has 0 bridgehead atoms. The summed E-state index contributed by atoms with van der Waals surface area (Å²) in [5.41, 5.74) is 0.456. The minimum atomic E-state index is -0.644. The number of nitro groups is 1. The highest BCUT2D eigenvalue weighted by Crippen LogP contribution is 2.18. The molecule has 0 spiro atoms. The number of benzene rings is 2. The third-order valence-electron chi connectivity index (χ3n) is 2.90. The molecule has 0 atom stereocenters. The lowest BCUT2D eigenvalue weighted by Gasteiger charge is -2.07. The summed E-state index contributed by atoms with van der Waals surface area (Å²) in [5.74, 6) is -0.0876. The summed E-state index contributed by atoms with van der Waals surface area (Å²) in [6.07, 6.45) is 0. The molecular weight excluding hydrogens is 302 g/mol. The number of hydrogen-bond donors (Lipinski definition) is 0. The van der Waals surface area contributed by atoms with E-state index in [-0.39, 0.29) is 23.8 Å². The van der Waals surface area contributed by atoms with Gasteiger partial charge in [-0.05, 0) is 43.3 Å². The minimum absolute atomic E-state index is 0.0610. The Morgan fingerprint density at radius 1 is 1.00 bits per heavy atom. The third kappa shape index (κ3) is 4.63. The summed E-state index contributed by atoms with van der Waals surface area (Å²) in [4.78, 5) is 32.8. The number of nitro benzene ring substituents is 1. The van der Waals surface area contributed by atoms with E-state index in [1.165, 1.54) is 31.2 Å². The molecule has 7 nitrogen and oxygen atoms in total. The van der Waals surface area contributed by atoms with Crippen LogP contribution >= 0.6 is 0 Å². The van der Waals surface area contributed by atoms with Crippen LogP contribution in [0.25, 0.3) is 0 Å². The van der Waals surface area contributed by atoms with Gasteiger partial charge in [0.1, 0.15) is 11.5 Å². The van der Waals surface area contributed by atoms with Crippen LogP contribution in [-0.4, -0.2) is 23.3 Å². The molecule has 0 aromatic heterocycles. The molecule has 0 unspecified atom stereocenters. The monoisotopic (exact) mass is 315 g/mol. The summed E-state index contributed by atoms with van der Waals surface area (Å²) in [5, 5.41) is 10.5. The third-order valence-corrected chi connectivity index (χ3v) is 2.90. The van der Waals surface area contributed by atoms with Crippen LogP contribution in [0.5, 0.6) is 11.5 Å². The second kappa shape index (κ2) is 7.17. The van der Waals surface area contributed by atoms with Gasteiger partial charge in [-0.2, -0.15) is 0 Å². The first-order valence-electron chi connectivity index (χ1n) is 6.64. The zero-order valence-corrected chi connectivity index (χ0v) is 12.2. The number of Topliss-reactive ketones (excluding diaryl/α,β-unsaturated/α-hetero) is 1. The molecule has 2 aromatic carbocycles. The van der Waals surface area contributed by atoms with Gasteiger partial charge < -0.3 is 9.47 Å². The highest BCUT2D eigenvalue weighted by Gasteiger charge is 2.09. The van der Waals surface area contributed by atoms with Crippen molar-refractivity contribution in [2.75, 3.05) is 6.61 Å². The number of carbonyl (C=O) groups is 2. The van der Waals surface area contributed by atoms with Gasteiger partial charge in [0.2, 0.25) is 0 Å². The number of nitrogens with zero attached hydrogens (tertiary/aromatic N) is 1. The van der Waals surface area contributed by atoms with Crippen molar-refractivity contribution < 1.29 is 24.0 Å². The molecule has 0 amide bonds. The molecule has 0 saturated carbocycles. The van der Waals surface area contributed by atoms with E-state index in [1.807, 2.05) is 0 Å². The average Bonchev–Trinajstić information content (AvgIpc) is 2.54. The first kappa shape index (κ1) is 16.2. The van der Waals surface area contributed by atoms with Crippen molar-refractivity contribution in [3.63, 3.8) is 0 Å². The summed E-state index contributed by atoms with van der Waals surface area (Å²) in [7, 11) is 0. The van der Waals surface area contributed by atoms with Crippen molar-refractivity contribution in [2.45, 2.75) is 6.92 Å².